The van der Waals surface area contributed by atoms with Gasteiger partial charge in [-0.05, 0) is 6.42 Å². The number of carbonyl (C=O) groups is 1. The zero-order valence-corrected chi connectivity index (χ0v) is 8.61. The van der Waals surface area contributed by atoms with Gasteiger partial charge in [0.05, 0.1) is 18.6 Å². The van der Waals surface area contributed by atoms with Gasteiger partial charge in [0.15, 0.2) is 0 Å². The molecule has 0 radical (unpaired) electrons. The molecule has 2 rings (SSSR count). The third kappa shape index (κ3) is 2.11. The van der Waals surface area contributed by atoms with Crippen LogP contribution in [0.1, 0.15) is 6.42 Å². The van der Waals surface area contributed by atoms with Gasteiger partial charge in [-0.3, -0.25) is 4.79 Å². The fourth-order valence-electron chi connectivity index (χ4n) is 2.05. The predicted octanol–water partition coefficient (Wildman–Crippen LogP) is -0.653. The molecule has 2 unspecified atom stereocenters. The van der Waals surface area contributed by atoms with Crippen molar-refractivity contribution in [2.45, 2.75) is 12.5 Å². The first kappa shape index (κ1) is 10.4. The molecule has 0 aromatic heterocycles. The maximum Gasteiger partial charge on any atom is 0.229 e. The number of nitrogens with zero attached hydrogens (tertiary/aromatic N) is 2. The largest absolute Gasteiger partial charge is 0.381 e. The van der Waals surface area contributed by atoms with E-state index >= 15 is 0 Å². The Kier molecular flexibility index (Phi) is 3.19. The minimum absolute atomic E-state index is 0.0288. The fourth-order valence-corrected chi connectivity index (χ4v) is 2.05. The molecule has 2 aliphatic rings. The van der Waals surface area contributed by atoms with Gasteiger partial charge in [0, 0.05) is 26.2 Å². The molecule has 5 nitrogen and oxygen atoms in total. The summed E-state index contributed by atoms with van der Waals surface area (Å²) < 4.78 is 5.19. The van der Waals surface area contributed by atoms with Crippen LogP contribution in [0, 0.1) is 17.2 Å². The fraction of sp³-hybridized carbons (Fsp3) is 0.800. The first-order valence-corrected chi connectivity index (χ1v) is 5.31. The molecule has 0 aromatic carbocycles. The quantitative estimate of drug-likeness (QED) is 0.623. The van der Waals surface area contributed by atoms with Gasteiger partial charge in [-0.15, -0.1) is 0 Å². The van der Waals surface area contributed by atoms with E-state index in [0.717, 1.165) is 13.0 Å². The van der Waals surface area contributed by atoms with E-state index in [2.05, 4.69) is 11.4 Å². The molecule has 15 heavy (non-hydrogen) atoms. The molecule has 2 aliphatic heterocycles. The van der Waals surface area contributed by atoms with E-state index in [-0.39, 0.29) is 17.9 Å². The topological polar surface area (TPSA) is 65.4 Å². The summed E-state index contributed by atoms with van der Waals surface area (Å²) >= 11 is 0. The van der Waals surface area contributed by atoms with Crippen molar-refractivity contribution in [1.29, 1.82) is 5.26 Å². The van der Waals surface area contributed by atoms with E-state index in [4.69, 9.17) is 10.00 Å². The minimum atomic E-state index is -0.313. The Morgan fingerprint density at radius 1 is 1.60 bits per heavy atom. The molecule has 0 spiro atoms. The van der Waals surface area contributed by atoms with Crippen molar-refractivity contribution >= 4 is 5.91 Å². The molecule has 2 atom stereocenters. The highest BCUT2D eigenvalue weighted by Gasteiger charge is 2.33. The Hall–Kier alpha value is -1.12. The van der Waals surface area contributed by atoms with Crippen LogP contribution in [0.4, 0.5) is 0 Å². The SMILES string of the molecule is N#CC1CNCCN1C(=O)C1CCOC1. The van der Waals surface area contributed by atoms with E-state index in [9.17, 15) is 4.79 Å². The van der Waals surface area contributed by atoms with Gasteiger partial charge < -0.3 is 15.0 Å². The lowest BCUT2D eigenvalue weighted by atomic mass is 10.1. The van der Waals surface area contributed by atoms with Gasteiger partial charge in [0.25, 0.3) is 0 Å². The molecule has 82 valence electrons. The Morgan fingerprint density at radius 2 is 2.47 bits per heavy atom. The lowest BCUT2D eigenvalue weighted by Crippen LogP contribution is -2.54. The lowest BCUT2D eigenvalue weighted by molar-refractivity contribution is -0.137. The Bertz CT molecular complexity index is 281. The second kappa shape index (κ2) is 4.60. The van der Waals surface area contributed by atoms with E-state index in [0.29, 0.717) is 26.3 Å². The number of carbonyl (C=O) groups excluding carboxylic acids is 1. The van der Waals surface area contributed by atoms with Gasteiger partial charge in [0.2, 0.25) is 5.91 Å². The predicted molar refractivity (Wildman–Crippen MR) is 52.9 cm³/mol. The molecule has 0 bridgehead atoms. The number of amides is 1. The van der Waals surface area contributed by atoms with Crippen molar-refractivity contribution in [3.8, 4) is 6.07 Å². The molecular weight excluding hydrogens is 194 g/mol. The Morgan fingerprint density at radius 3 is 3.13 bits per heavy atom. The van der Waals surface area contributed by atoms with Crippen LogP contribution in [0.25, 0.3) is 0 Å². The number of rotatable bonds is 1. The minimum Gasteiger partial charge on any atom is -0.381 e. The van der Waals surface area contributed by atoms with Crippen LogP contribution >= 0.6 is 0 Å². The summed E-state index contributed by atoms with van der Waals surface area (Å²) in [5, 5.41) is 12.1. The highest BCUT2D eigenvalue weighted by atomic mass is 16.5. The van der Waals surface area contributed by atoms with Crippen LogP contribution in [0.3, 0.4) is 0 Å². The van der Waals surface area contributed by atoms with E-state index in [1.54, 1.807) is 4.90 Å². The number of ether oxygens (including phenoxy) is 1. The van der Waals surface area contributed by atoms with Crippen LogP contribution in [0.15, 0.2) is 0 Å². The summed E-state index contributed by atoms with van der Waals surface area (Å²) in [5.74, 6) is 0.0551. The second-order valence-electron chi connectivity index (χ2n) is 3.94. The highest BCUT2D eigenvalue weighted by molar-refractivity contribution is 5.80. The van der Waals surface area contributed by atoms with E-state index < -0.39 is 0 Å². The number of hydrogen-bond donors (Lipinski definition) is 1. The molecule has 0 saturated carbocycles. The molecule has 2 fully saturated rings. The standard InChI is InChI=1S/C10H15N3O2/c11-5-9-6-12-2-3-13(9)10(14)8-1-4-15-7-8/h8-9,12H,1-4,6-7H2. The van der Waals surface area contributed by atoms with Crippen molar-refractivity contribution < 1.29 is 9.53 Å². The van der Waals surface area contributed by atoms with Gasteiger partial charge in [-0.1, -0.05) is 0 Å². The molecule has 2 saturated heterocycles. The third-order valence-electron chi connectivity index (χ3n) is 2.95. The third-order valence-corrected chi connectivity index (χ3v) is 2.95. The Labute approximate surface area is 89.0 Å². The van der Waals surface area contributed by atoms with Crippen LogP contribution in [0.2, 0.25) is 0 Å². The van der Waals surface area contributed by atoms with Crippen LogP contribution < -0.4 is 5.32 Å². The van der Waals surface area contributed by atoms with E-state index in [1.807, 2.05) is 0 Å². The van der Waals surface area contributed by atoms with Crippen LogP contribution in [-0.2, 0) is 9.53 Å². The second-order valence-corrected chi connectivity index (χ2v) is 3.94. The molecule has 1 N–H and O–H groups in total. The average molecular weight is 209 g/mol. The zero-order valence-electron chi connectivity index (χ0n) is 8.61. The smallest absolute Gasteiger partial charge is 0.229 e. The first-order chi connectivity index (χ1) is 7.33. The lowest BCUT2D eigenvalue weighted by Gasteiger charge is -2.33. The highest BCUT2D eigenvalue weighted by Crippen LogP contribution is 2.17. The summed E-state index contributed by atoms with van der Waals surface area (Å²) in [6.45, 7) is 3.17. The molecular formula is C10H15N3O2. The maximum absolute atomic E-state index is 12.0. The van der Waals surface area contributed by atoms with Gasteiger partial charge in [0.1, 0.15) is 6.04 Å². The van der Waals surface area contributed by atoms with Crippen molar-refractivity contribution in [2.24, 2.45) is 5.92 Å². The normalized spacial score (nSPS) is 31.3. The number of nitriles is 1. The maximum atomic E-state index is 12.0. The van der Waals surface area contributed by atoms with Crippen molar-refractivity contribution in [1.82, 2.24) is 10.2 Å². The summed E-state index contributed by atoms with van der Waals surface area (Å²) in [7, 11) is 0. The first-order valence-electron chi connectivity index (χ1n) is 5.31. The van der Waals surface area contributed by atoms with Crippen molar-refractivity contribution in [2.75, 3.05) is 32.8 Å². The van der Waals surface area contributed by atoms with Crippen LogP contribution in [-0.4, -0.2) is 49.7 Å². The molecule has 2 heterocycles. The number of nitrogens with one attached hydrogen (secondary N) is 1. The van der Waals surface area contributed by atoms with Gasteiger partial charge >= 0.3 is 0 Å². The van der Waals surface area contributed by atoms with E-state index in [1.165, 1.54) is 0 Å². The van der Waals surface area contributed by atoms with Crippen LogP contribution in [0.5, 0.6) is 0 Å². The molecule has 1 amide bonds. The zero-order chi connectivity index (χ0) is 10.7. The number of piperazine rings is 1. The Balaban J connectivity index is 2.00. The summed E-state index contributed by atoms with van der Waals surface area (Å²) in [6, 6.07) is 1.85. The monoisotopic (exact) mass is 209 g/mol. The summed E-state index contributed by atoms with van der Waals surface area (Å²) in [5.41, 5.74) is 0. The summed E-state index contributed by atoms with van der Waals surface area (Å²) in [6.07, 6.45) is 0.793. The van der Waals surface area contributed by atoms with Gasteiger partial charge in [-0.2, -0.15) is 5.26 Å². The van der Waals surface area contributed by atoms with Crippen molar-refractivity contribution in [3.05, 3.63) is 0 Å². The van der Waals surface area contributed by atoms with Crippen molar-refractivity contribution in [3.63, 3.8) is 0 Å². The average Bonchev–Trinajstić information content (AvgIpc) is 2.81. The molecule has 5 heteroatoms. The molecule has 0 aliphatic carbocycles. The molecule has 0 aromatic rings. The number of hydrogen-bond acceptors (Lipinski definition) is 4. The summed E-state index contributed by atoms with van der Waals surface area (Å²) in [4.78, 5) is 13.7. The van der Waals surface area contributed by atoms with Gasteiger partial charge in [-0.25, -0.2) is 0 Å².